The van der Waals surface area contributed by atoms with Crippen molar-refractivity contribution in [2.75, 3.05) is 6.54 Å². The summed E-state index contributed by atoms with van der Waals surface area (Å²) in [7, 11) is 0. The maximum atomic E-state index is 12.5. The highest BCUT2D eigenvalue weighted by atomic mass is 16.2. The fourth-order valence-corrected chi connectivity index (χ4v) is 3.26. The van der Waals surface area contributed by atoms with Crippen LogP contribution in [0.15, 0.2) is 42.6 Å². The maximum Gasteiger partial charge on any atom is 0.268 e. The van der Waals surface area contributed by atoms with Gasteiger partial charge >= 0.3 is 0 Å². The second-order valence-electron chi connectivity index (χ2n) is 6.76. The van der Waals surface area contributed by atoms with Crippen LogP contribution in [0.25, 0.3) is 0 Å². The summed E-state index contributed by atoms with van der Waals surface area (Å²) < 4.78 is 1.96. The van der Waals surface area contributed by atoms with Gasteiger partial charge in [0.05, 0.1) is 0 Å². The maximum absolute atomic E-state index is 12.5. The van der Waals surface area contributed by atoms with E-state index in [9.17, 15) is 9.59 Å². The molecular weight excluding hydrogens is 314 g/mol. The molecule has 1 aliphatic rings. The van der Waals surface area contributed by atoms with Crippen LogP contribution in [0.4, 0.5) is 0 Å². The van der Waals surface area contributed by atoms with Gasteiger partial charge in [0.25, 0.3) is 5.91 Å². The van der Waals surface area contributed by atoms with Gasteiger partial charge in [-0.25, -0.2) is 0 Å². The first-order chi connectivity index (χ1) is 12.1. The molecule has 5 nitrogen and oxygen atoms in total. The van der Waals surface area contributed by atoms with Crippen molar-refractivity contribution in [2.45, 2.75) is 45.8 Å². The van der Waals surface area contributed by atoms with Crippen LogP contribution in [0, 0.1) is 0 Å². The molecule has 1 saturated heterocycles. The molecule has 1 aromatic carbocycles. The number of carbonyl (C=O) groups is 2. The van der Waals surface area contributed by atoms with E-state index in [1.807, 2.05) is 52.1 Å². The first kappa shape index (κ1) is 17.3. The predicted molar refractivity (Wildman–Crippen MR) is 97.1 cm³/mol. The molecule has 2 amide bonds. The number of amides is 2. The molecule has 2 aromatic rings. The lowest BCUT2D eigenvalue weighted by Gasteiger charge is -2.18. The summed E-state index contributed by atoms with van der Waals surface area (Å²) in [5.74, 6) is 0.138. The van der Waals surface area contributed by atoms with E-state index in [0.29, 0.717) is 25.2 Å². The van der Waals surface area contributed by atoms with E-state index >= 15 is 0 Å². The van der Waals surface area contributed by atoms with E-state index in [-0.39, 0.29) is 17.9 Å². The highest BCUT2D eigenvalue weighted by molar-refractivity contribution is 5.92. The fourth-order valence-electron chi connectivity index (χ4n) is 3.26. The van der Waals surface area contributed by atoms with E-state index in [4.69, 9.17) is 0 Å². The van der Waals surface area contributed by atoms with Gasteiger partial charge in [0.2, 0.25) is 5.91 Å². The van der Waals surface area contributed by atoms with Gasteiger partial charge < -0.3 is 14.8 Å². The fraction of sp³-hybridized carbons (Fsp3) is 0.400. The summed E-state index contributed by atoms with van der Waals surface area (Å²) in [5, 5.41) is 3.01. The van der Waals surface area contributed by atoms with Crippen molar-refractivity contribution < 1.29 is 9.59 Å². The molecule has 2 heterocycles. The summed E-state index contributed by atoms with van der Waals surface area (Å²) in [6.07, 6.45) is 3.50. The number of likely N-dealkylation sites (tertiary alicyclic amines) is 1. The van der Waals surface area contributed by atoms with Crippen LogP contribution in [-0.4, -0.2) is 27.8 Å². The Morgan fingerprint density at radius 3 is 2.60 bits per heavy atom. The largest absolute Gasteiger partial charge is 0.347 e. The molecule has 1 N–H and O–H groups in total. The predicted octanol–water partition coefficient (Wildman–Crippen LogP) is 3.12. The van der Waals surface area contributed by atoms with Crippen molar-refractivity contribution in [1.82, 2.24) is 14.8 Å². The smallest absolute Gasteiger partial charge is 0.268 e. The number of rotatable bonds is 6. The third-order valence-corrected chi connectivity index (χ3v) is 4.66. The van der Waals surface area contributed by atoms with Crippen LogP contribution in [0.1, 0.15) is 54.3 Å². The number of hydrogen-bond acceptors (Lipinski definition) is 2. The van der Waals surface area contributed by atoms with Gasteiger partial charge in [-0.2, -0.15) is 0 Å². The van der Waals surface area contributed by atoms with Gasteiger partial charge in [0, 0.05) is 38.3 Å². The van der Waals surface area contributed by atoms with Gasteiger partial charge in [-0.15, -0.1) is 0 Å². The molecule has 0 atom stereocenters. The Morgan fingerprint density at radius 2 is 1.92 bits per heavy atom. The van der Waals surface area contributed by atoms with Crippen molar-refractivity contribution in [1.29, 1.82) is 0 Å². The van der Waals surface area contributed by atoms with Crippen molar-refractivity contribution in [3.63, 3.8) is 0 Å². The van der Waals surface area contributed by atoms with Crippen molar-refractivity contribution in [2.24, 2.45) is 0 Å². The van der Waals surface area contributed by atoms with E-state index in [1.54, 1.807) is 0 Å². The Balaban J connectivity index is 1.68. The topological polar surface area (TPSA) is 54.3 Å². The molecular formula is C20H25N3O2. The molecule has 0 aliphatic carbocycles. The summed E-state index contributed by atoms with van der Waals surface area (Å²) in [5.41, 5.74) is 2.82. The zero-order valence-corrected chi connectivity index (χ0v) is 14.9. The molecule has 0 spiro atoms. The lowest BCUT2D eigenvalue weighted by molar-refractivity contribution is -0.128. The van der Waals surface area contributed by atoms with E-state index in [0.717, 1.165) is 24.1 Å². The minimum Gasteiger partial charge on any atom is -0.347 e. The monoisotopic (exact) mass is 339 g/mol. The number of aromatic nitrogens is 1. The Hall–Kier alpha value is -2.56. The van der Waals surface area contributed by atoms with Gasteiger partial charge in [-0.3, -0.25) is 9.59 Å². The highest BCUT2D eigenvalue weighted by Gasteiger charge is 2.21. The molecule has 0 radical (unpaired) electrons. The summed E-state index contributed by atoms with van der Waals surface area (Å²) in [4.78, 5) is 26.3. The molecule has 0 unspecified atom stereocenters. The molecule has 25 heavy (non-hydrogen) atoms. The normalized spacial score (nSPS) is 14.4. The molecule has 1 fully saturated rings. The number of benzene rings is 1. The van der Waals surface area contributed by atoms with Gasteiger partial charge in [0.1, 0.15) is 5.69 Å². The Bertz CT molecular complexity index is 764. The summed E-state index contributed by atoms with van der Waals surface area (Å²) in [6.45, 7) is 6.01. The quantitative estimate of drug-likeness (QED) is 0.879. The third-order valence-electron chi connectivity index (χ3n) is 4.66. The van der Waals surface area contributed by atoms with E-state index in [1.165, 1.54) is 0 Å². The summed E-state index contributed by atoms with van der Waals surface area (Å²) in [6, 6.07) is 12.0. The average molecular weight is 339 g/mol. The molecule has 3 rings (SSSR count). The SMILES string of the molecule is CC(C)n1cccc1C(=O)NCc1ccccc1CN1CCCC1=O. The lowest BCUT2D eigenvalue weighted by Crippen LogP contribution is -2.28. The zero-order chi connectivity index (χ0) is 17.8. The molecule has 0 saturated carbocycles. The minimum absolute atomic E-state index is 0.0780. The van der Waals surface area contributed by atoms with Gasteiger partial charge in [0.15, 0.2) is 0 Å². The number of nitrogens with zero attached hydrogens (tertiary/aromatic N) is 2. The first-order valence-electron chi connectivity index (χ1n) is 8.86. The second kappa shape index (κ2) is 7.55. The minimum atomic E-state index is -0.0780. The standard InChI is InChI=1S/C20H25N3O2/c1-15(2)23-12-5-9-18(23)20(25)21-13-16-7-3-4-8-17(16)14-22-11-6-10-19(22)24/h3-5,7-9,12,15H,6,10-11,13-14H2,1-2H3,(H,21,25). The van der Waals surface area contributed by atoms with Crippen LogP contribution >= 0.6 is 0 Å². The second-order valence-corrected chi connectivity index (χ2v) is 6.76. The van der Waals surface area contributed by atoms with Crippen LogP contribution in [-0.2, 0) is 17.9 Å². The van der Waals surface area contributed by atoms with Crippen molar-refractivity contribution >= 4 is 11.8 Å². The number of carbonyl (C=O) groups excluding carboxylic acids is 2. The average Bonchev–Trinajstić information content (AvgIpc) is 3.23. The Kier molecular flexibility index (Phi) is 5.22. The molecule has 5 heteroatoms. The van der Waals surface area contributed by atoms with Crippen LogP contribution < -0.4 is 5.32 Å². The van der Waals surface area contributed by atoms with Crippen LogP contribution in [0.3, 0.4) is 0 Å². The Labute approximate surface area is 148 Å². The Morgan fingerprint density at radius 1 is 1.16 bits per heavy atom. The first-order valence-corrected chi connectivity index (χ1v) is 8.86. The van der Waals surface area contributed by atoms with Crippen LogP contribution in [0.5, 0.6) is 0 Å². The molecule has 132 valence electrons. The summed E-state index contributed by atoms with van der Waals surface area (Å²) >= 11 is 0. The number of nitrogens with one attached hydrogen (secondary N) is 1. The van der Waals surface area contributed by atoms with Crippen molar-refractivity contribution in [3.05, 3.63) is 59.4 Å². The molecule has 0 bridgehead atoms. The van der Waals surface area contributed by atoms with E-state index < -0.39 is 0 Å². The zero-order valence-electron chi connectivity index (χ0n) is 14.9. The molecule has 1 aliphatic heterocycles. The molecule has 1 aromatic heterocycles. The highest BCUT2D eigenvalue weighted by Crippen LogP contribution is 2.17. The lowest BCUT2D eigenvalue weighted by atomic mass is 10.1. The van der Waals surface area contributed by atoms with Gasteiger partial charge in [-0.05, 0) is 43.5 Å². The van der Waals surface area contributed by atoms with Crippen LogP contribution in [0.2, 0.25) is 0 Å². The third kappa shape index (κ3) is 3.92. The van der Waals surface area contributed by atoms with Gasteiger partial charge in [-0.1, -0.05) is 24.3 Å². The number of hydrogen-bond donors (Lipinski definition) is 1. The van der Waals surface area contributed by atoms with Crippen molar-refractivity contribution in [3.8, 4) is 0 Å². The van der Waals surface area contributed by atoms with E-state index in [2.05, 4.69) is 19.2 Å².